The van der Waals surface area contributed by atoms with Crippen LogP contribution in [0.1, 0.15) is 12.0 Å². The van der Waals surface area contributed by atoms with Crippen molar-refractivity contribution in [2.45, 2.75) is 12.8 Å². The molecule has 0 unspecified atom stereocenters. The molecule has 0 spiro atoms. The van der Waals surface area contributed by atoms with Crippen molar-refractivity contribution in [2.24, 2.45) is 5.73 Å². The van der Waals surface area contributed by atoms with Crippen molar-refractivity contribution < 1.29 is 24.5 Å². The van der Waals surface area contributed by atoms with E-state index in [1.807, 2.05) is 12.1 Å². The molecule has 0 saturated heterocycles. The number of carboxylic acids is 2. The molecule has 0 amide bonds. The van der Waals surface area contributed by atoms with Gasteiger partial charge in [0.2, 0.25) is 0 Å². The maximum atomic E-state index is 9.10. The van der Waals surface area contributed by atoms with Gasteiger partial charge in [0, 0.05) is 0 Å². The lowest BCUT2D eigenvalue weighted by Crippen LogP contribution is -2.09. The first kappa shape index (κ1) is 15.9. The number of ether oxygens (including phenoxy) is 1. The van der Waals surface area contributed by atoms with Crippen molar-refractivity contribution in [1.82, 2.24) is 0 Å². The minimum Gasteiger partial charge on any atom is -0.497 e. The van der Waals surface area contributed by atoms with Crippen LogP contribution in [0.5, 0.6) is 5.75 Å². The summed E-state index contributed by atoms with van der Waals surface area (Å²) in [5.41, 5.74) is 6.73. The quantitative estimate of drug-likeness (QED) is 0.684. The molecule has 0 aliphatic rings. The molecule has 18 heavy (non-hydrogen) atoms. The first-order valence-corrected chi connectivity index (χ1v) is 5.30. The summed E-state index contributed by atoms with van der Waals surface area (Å²) in [6.07, 6.45) is 2.10. The molecule has 6 nitrogen and oxygen atoms in total. The van der Waals surface area contributed by atoms with E-state index < -0.39 is 11.9 Å². The van der Waals surface area contributed by atoms with Crippen LogP contribution < -0.4 is 10.5 Å². The van der Waals surface area contributed by atoms with Gasteiger partial charge in [-0.2, -0.15) is 0 Å². The highest BCUT2D eigenvalue weighted by Crippen LogP contribution is 2.11. The van der Waals surface area contributed by atoms with Gasteiger partial charge in [0.25, 0.3) is 0 Å². The van der Waals surface area contributed by atoms with Gasteiger partial charge in [0.05, 0.1) is 7.11 Å². The number of methoxy groups -OCH3 is 1. The fourth-order valence-electron chi connectivity index (χ4n) is 1.10. The number of aryl methyl sites for hydroxylation is 1. The van der Waals surface area contributed by atoms with Gasteiger partial charge in [-0.05, 0) is 37.1 Å². The second-order valence-corrected chi connectivity index (χ2v) is 3.35. The van der Waals surface area contributed by atoms with Crippen molar-refractivity contribution in [3.63, 3.8) is 0 Å². The zero-order valence-electron chi connectivity index (χ0n) is 10.1. The van der Waals surface area contributed by atoms with E-state index in [1.165, 1.54) is 5.56 Å². The highest BCUT2D eigenvalue weighted by Gasteiger charge is 2.04. The highest BCUT2D eigenvalue weighted by molar-refractivity contribution is 6.27. The van der Waals surface area contributed by atoms with Crippen LogP contribution in [0, 0.1) is 0 Å². The third-order valence-corrected chi connectivity index (χ3v) is 2.01. The van der Waals surface area contributed by atoms with Crippen molar-refractivity contribution in [1.29, 1.82) is 0 Å². The van der Waals surface area contributed by atoms with E-state index in [0.717, 1.165) is 25.1 Å². The molecule has 100 valence electrons. The van der Waals surface area contributed by atoms with Crippen molar-refractivity contribution in [3.05, 3.63) is 29.8 Å². The third kappa shape index (κ3) is 7.24. The lowest BCUT2D eigenvalue weighted by molar-refractivity contribution is -0.159. The van der Waals surface area contributed by atoms with Crippen molar-refractivity contribution >= 4 is 11.9 Å². The lowest BCUT2D eigenvalue weighted by atomic mass is 10.1. The van der Waals surface area contributed by atoms with E-state index >= 15 is 0 Å². The van der Waals surface area contributed by atoms with Gasteiger partial charge in [0.15, 0.2) is 0 Å². The number of carbonyl (C=O) groups is 2. The van der Waals surface area contributed by atoms with Gasteiger partial charge in [-0.15, -0.1) is 0 Å². The number of carboxylic acid groups (broad SMARTS) is 2. The minimum absolute atomic E-state index is 0.756. The first-order valence-electron chi connectivity index (χ1n) is 5.30. The van der Waals surface area contributed by atoms with Crippen LogP contribution in [-0.2, 0) is 16.0 Å². The van der Waals surface area contributed by atoms with E-state index in [-0.39, 0.29) is 0 Å². The molecule has 6 heteroatoms. The van der Waals surface area contributed by atoms with Gasteiger partial charge < -0.3 is 20.7 Å². The van der Waals surface area contributed by atoms with E-state index in [0.29, 0.717) is 0 Å². The van der Waals surface area contributed by atoms with Crippen LogP contribution in [0.15, 0.2) is 24.3 Å². The predicted molar refractivity (Wildman–Crippen MR) is 65.6 cm³/mol. The van der Waals surface area contributed by atoms with Gasteiger partial charge in [-0.3, -0.25) is 0 Å². The summed E-state index contributed by atoms with van der Waals surface area (Å²) >= 11 is 0. The molecule has 0 fully saturated rings. The third-order valence-electron chi connectivity index (χ3n) is 2.01. The van der Waals surface area contributed by atoms with E-state index in [1.54, 1.807) is 7.11 Å². The van der Waals surface area contributed by atoms with Crippen LogP contribution in [0.3, 0.4) is 0 Å². The second kappa shape index (κ2) is 9.00. The molecular formula is C12H17NO5. The fraction of sp³-hybridized carbons (Fsp3) is 0.333. The molecule has 0 aliphatic carbocycles. The lowest BCUT2D eigenvalue weighted by Gasteiger charge is -2.01. The monoisotopic (exact) mass is 255 g/mol. The summed E-state index contributed by atoms with van der Waals surface area (Å²) in [5, 5.41) is 14.8. The number of hydrogen-bond donors (Lipinski definition) is 3. The Bertz CT molecular complexity index is 363. The molecule has 1 rings (SSSR count). The molecular weight excluding hydrogens is 238 g/mol. The number of rotatable bonds is 4. The Balaban J connectivity index is 0.000000411. The van der Waals surface area contributed by atoms with Crippen LogP contribution in [0.25, 0.3) is 0 Å². The van der Waals surface area contributed by atoms with Crippen LogP contribution in [0.2, 0.25) is 0 Å². The Hall–Kier alpha value is -2.08. The summed E-state index contributed by atoms with van der Waals surface area (Å²) < 4.78 is 5.05. The van der Waals surface area contributed by atoms with Crippen LogP contribution >= 0.6 is 0 Å². The molecule has 1 aromatic carbocycles. The minimum atomic E-state index is -1.82. The average Bonchev–Trinajstić information content (AvgIpc) is 2.37. The Morgan fingerprint density at radius 3 is 2.00 bits per heavy atom. The van der Waals surface area contributed by atoms with Crippen molar-refractivity contribution in [3.8, 4) is 5.75 Å². The molecule has 0 heterocycles. The van der Waals surface area contributed by atoms with Crippen molar-refractivity contribution in [2.75, 3.05) is 13.7 Å². The van der Waals surface area contributed by atoms with E-state index in [9.17, 15) is 0 Å². The maximum Gasteiger partial charge on any atom is 0.414 e. The topological polar surface area (TPSA) is 110 Å². The predicted octanol–water partition coefficient (Wildman–Crippen LogP) is 0.742. The fourth-order valence-corrected chi connectivity index (χ4v) is 1.10. The molecule has 0 aromatic heterocycles. The normalized spacial score (nSPS) is 9.00. The average molecular weight is 255 g/mol. The molecule has 0 aliphatic heterocycles. The highest BCUT2D eigenvalue weighted by atomic mass is 16.5. The Morgan fingerprint density at radius 2 is 1.67 bits per heavy atom. The summed E-state index contributed by atoms with van der Waals surface area (Å²) in [7, 11) is 1.68. The summed E-state index contributed by atoms with van der Waals surface area (Å²) in [6.45, 7) is 0.756. The Labute approximate surface area is 105 Å². The molecule has 0 atom stereocenters. The Kier molecular flexibility index (Phi) is 7.96. The molecule has 4 N–H and O–H groups in total. The zero-order valence-corrected chi connectivity index (χ0v) is 10.1. The molecule has 1 aromatic rings. The molecule has 0 bridgehead atoms. The zero-order chi connectivity index (χ0) is 14.0. The maximum absolute atomic E-state index is 9.10. The summed E-state index contributed by atoms with van der Waals surface area (Å²) in [5.74, 6) is -2.74. The number of aliphatic carboxylic acids is 2. The van der Waals surface area contributed by atoms with Gasteiger partial charge >= 0.3 is 11.9 Å². The summed E-state index contributed by atoms with van der Waals surface area (Å²) in [6, 6.07) is 8.11. The molecule has 0 radical (unpaired) electrons. The van der Waals surface area contributed by atoms with Crippen LogP contribution in [0.4, 0.5) is 0 Å². The largest absolute Gasteiger partial charge is 0.497 e. The second-order valence-electron chi connectivity index (χ2n) is 3.35. The van der Waals surface area contributed by atoms with Gasteiger partial charge in [-0.25, -0.2) is 9.59 Å². The van der Waals surface area contributed by atoms with E-state index in [4.69, 9.17) is 30.3 Å². The van der Waals surface area contributed by atoms with Gasteiger partial charge in [-0.1, -0.05) is 12.1 Å². The number of hydrogen-bond acceptors (Lipinski definition) is 4. The van der Waals surface area contributed by atoms with E-state index in [2.05, 4.69) is 12.1 Å². The number of benzene rings is 1. The Morgan fingerprint density at radius 1 is 1.17 bits per heavy atom. The first-order chi connectivity index (χ1) is 8.51. The summed E-state index contributed by atoms with van der Waals surface area (Å²) in [4.78, 5) is 18.2. The van der Waals surface area contributed by atoms with Gasteiger partial charge in [0.1, 0.15) is 5.75 Å². The van der Waals surface area contributed by atoms with Crippen LogP contribution in [-0.4, -0.2) is 35.8 Å². The standard InChI is InChI=1S/C10H15NO.C2H2O4/c1-12-10-6-4-9(5-7-10)3-2-8-11;3-1(4)2(5)6/h4-7H,2-3,8,11H2,1H3;(H,3,4)(H,5,6). The SMILES string of the molecule is COc1ccc(CCCN)cc1.O=C(O)C(=O)O. The smallest absolute Gasteiger partial charge is 0.414 e. The number of nitrogens with two attached hydrogens (primary N) is 1. The molecule has 0 saturated carbocycles.